The molecule has 5 nitrogen and oxygen atoms in total. The number of pyridine rings is 1. The van der Waals surface area contributed by atoms with E-state index in [9.17, 15) is 9.59 Å². The van der Waals surface area contributed by atoms with E-state index in [2.05, 4.69) is 10.4 Å². The van der Waals surface area contributed by atoms with Crippen LogP contribution in [0.15, 0.2) is 24.3 Å². The van der Waals surface area contributed by atoms with Crippen LogP contribution in [0.2, 0.25) is 10.2 Å². The molecule has 2 heterocycles. The Kier molecular flexibility index (Phi) is 3.23. The summed E-state index contributed by atoms with van der Waals surface area (Å²) in [6.45, 7) is 0. The van der Waals surface area contributed by atoms with Gasteiger partial charge in [-0.25, -0.2) is 4.98 Å². The van der Waals surface area contributed by atoms with Crippen molar-refractivity contribution >= 4 is 51.6 Å². The number of amides is 2. The third-order valence-electron chi connectivity index (χ3n) is 3.02. The Morgan fingerprint density at radius 2 is 1.80 bits per heavy atom. The first-order valence-electron chi connectivity index (χ1n) is 5.93. The number of fused-ring (bicyclic) bond motifs is 1. The quantitative estimate of drug-likeness (QED) is 0.684. The van der Waals surface area contributed by atoms with Crippen LogP contribution >= 0.6 is 23.2 Å². The van der Waals surface area contributed by atoms with Gasteiger partial charge in [-0.2, -0.15) is 5.01 Å². The molecule has 2 aromatic rings. The van der Waals surface area contributed by atoms with Crippen molar-refractivity contribution < 1.29 is 9.59 Å². The second kappa shape index (κ2) is 4.92. The Hall–Kier alpha value is -1.85. The maximum Gasteiger partial charge on any atom is 0.248 e. The minimum Gasteiger partial charge on any atom is -0.288 e. The zero-order valence-corrected chi connectivity index (χ0v) is 11.7. The summed E-state index contributed by atoms with van der Waals surface area (Å²) in [6.07, 6.45) is 0.423. The molecule has 20 heavy (non-hydrogen) atoms. The number of hydrogen-bond acceptors (Lipinski definition) is 4. The lowest BCUT2D eigenvalue weighted by atomic mass is 10.2. The van der Waals surface area contributed by atoms with Gasteiger partial charge in [0.1, 0.15) is 5.15 Å². The summed E-state index contributed by atoms with van der Waals surface area (Å²) in [5, 5.41) is 2.49. The summed E-state index contributed by atoms with van der Waals surface area (Å²) in [4.78, 5) is 27.5. The fourth-order valence-electron chi connectivity index (χ4n) is 2.08. The van der Waals surface area contributed by atoms with Crippen LogP contribution in [0.5, 0.6) is 0 Å². The number of imide groups is 1. The number of benzene rings is 1. The highest BCUT2D eigenvalue weighted by molar-refractivity contribution is 6.32. The summed E-state index contributed by atoms with van der Waals surface area (Å²) in [7, 11) is 0. The van der Waals surface area contributed by atoms with Gasteiger partial charge in [-0.05, 0) is 18.2 Å². The van der Waals surface area contributed by atoms with E-state index in [1.807, 2.05) is 0 Å². The number of halogens is 2. The molecule has 0 spiro atoms. The van der Waals surface area contributed by atoms with Crippen LogP contribution in [-0.2, 0) is 9.59 Å². The van der Waals surface area contributed by atoms with Gasteiger partial charge < -0.3 is 0 Å². The number of hydrazine groups is 1. The lowest BCUT2D eigenvalue weighted by Crippen LogP contribution is -2.34. The fourth-order valence-corrected chi connectivity index (χ4v) is 2.45. The van der Waals surface area contributed by atoms with Crippen LogP contribution in [0.25, 0.3) is 10.9 Å². The van der Waals surface area contributed by atoms with Gasteiger partial charge in [0.05, 0.1) is 11.2 Å². The Morgan fingerprint density at radius 1 is 1.10 bits per heavy atom. The van der Waals surface area contributed by atoms with E-state index in [0.29, 0.717) is 21.6 Å². The number of nitrogens with one attached hydrogen (secondary N) is 1. The molecule has 0 aliphatic carbocycles. The van der Waals surface area contributed by atoms with Crippen molar-refractivity contribution in [3.05, 3.63) is 34.4 Å². The van der Waals surface area contributed by atoms with Gasteiger partial charge in [0.2, 0.25) is 11.8 Å². The van der Waals surface area contributed by atoms with E-state index < -0.39 is 0 Å². The smallest absolute Gasteiger partial charge is 0.248 e. The minimum absolute atomic E-state index is 0.212. The van der Waals surface area contributed by atoms with E-state index >= 15 is 0 Å². The first-order chi connectivity index (χ1) is 9.54. The molecule has 7 heteroatoms. The standard InChI is InChI=1S/C13H9Cl2N3O2/c14-7-1-2-9-8(5-7)10(6-11(15)16-9)17-18-12(19)3-4-13(18)20/h1-2,5-6H,3-4H2,(H,16,17). The third-order valence-corrected chi connectivity index (χ3v) is 3.45. The van der Waals surface area contributed by atoms with Crippen LogP contribution in [0.3, 0.4) is 0 Å². The average Bonchev–Trinajstić information content (AvgIpc) is 2.71. The molecule has 1 saturated heterocycles. The minimum atomic E-state index is -0.266. The molecular formula is C13H9Cl2N3O2. The summed E-state index contributed by atoms with van der Waals surface area (Å²) >= 11 is 11.9. The van der Waals surface area contributed by atoms with Gasteiger partial charge in [-0.1, -0.05) is 23.2 Å². The molecule has 1 aromatic heterocycles. The first-order valence-corrected chi connectivity index (χ1v) is 6.68. The number of carbonyl (C=O) groups is 2. The van der Waals surface area contributed by atoms with Crippen molar-refractivity contribution in [1.82, 2.24) is 9.99 Å². The molecule has 0 bridgehead atoms. The SMILES string of the molecule is O=C1CCC(=O)N1Nc1cc(Cl)nc2ccc(Cl)cc12. The molecular weight excluding hydrogens is 301 g/mol. The van der Waals surface area contributed by atoms with Gasteiger partial charge in [0.15, 0.2) is 0 Å². The molecule has 1 aliphatic heterocycles. The van der Waals surface area contributed by atoms with Crippen molar-refractivity contribution in [3.63, 3.8) is 0 Å². The van der Waals surface area contributed by atoms with Crippen molar-refractivity contribution in [2.24, 2.45) is 0 Å². The first kappa shape index (κ1) is 13.1. The van der Waals surface area contributed by atoms with Crippen molar-refractivity contribution in [1.29, 1.82) is 0 Å². The number of carbonyl (C=O) groups excluding carboxylic acids is 2. The van der Waals surface area contributed by atoms with Crippen molar-refractivity contribution in [2.75, 3.05) is 5.43 Å². The molecule has 2 amide bonds. The number of hydrogen-bond donors (Lipinski definition) is 1. The maximum absolute atomic E-state index is 11.6. The molecule has 1 aliphatic rings. The zero-order valence-electron chi connectivity index (χ0n) is 10.2. The summed E-state index contributed by atoms with van der Waals surface area (Å²) < 4.78 is 0. The predicted octanol–water partition coefficient (Wildman–Crippen LogP) is 3.02. The monoisotopic (exact) mass is 309 g/mol. The molecule has 1 N–H and O–H groups in total. The largest absolute Gasteiger partial charge is 0.288 e. The molecule has 0 saturated carbocycles. The van der Waals surface area contributed by atoms with Gasteiger partial charge in [-0.15, -0.1) is 0 Å². The Labute approximate surface area is 124 Å². The topological polar surface area (TPSA) is 62.3 Å². The number of nitrogens with zero attached hydrogens (tertiary/aromatic N) is 2. The van der Waals surface area contributed by atoms with E-state index in [4.69, 9.17) is 23.2 Å². The van der Waals surface area contributed by atoms with Gasteiger partial charge in [0, 0.05) is 29.3 Å². The average molecular weight is 310 g/mol. The third kappa shape index (κ3) is 2.30. The number of anilines is 1. The molecule has 1 aromatic carbocycles. The Bertz CT molecular complexity index is 717. The van der Waals surface area contributed by atoms with E-state index in [1.165, 1.54) is 0 Å². The van der Waals surface area contributed by atoms with Crippen molar-refractivity contribution in [3.8, 4) is 0 Å². The summed E-state index contributed by atoms with van der Waals surface area (Å²) in [6, 6.07) is 6.68. The van der Waals surface area contributed by atoms with Crippen LogP contribution < -0.4 is 5.43 Å². The van der Waals surface area contributed by atoms with Crippen LogP contribution in [0.4, 0.5) is 5.69 Å². The number of rotatable bonds is 2. The van der Waals surface area contributed by atoms with Gasteiger partial charge >= 0.3 is 0 Å². The fraction of sp³-hybridized carbons (Fsp3) is 0.154. The Morgan fingerprint density at radius 3 is 2.50 bits per heavy atom. The molecule has 0 radical (unpaired) electrons. The second-order valence-electron chi connectivity index (χ2n) is 4.39. The lowest BCUT2D eigenvalue weighted by Gasteiger charge is -2.18. The maximum atomic E-state index is 11.6. The highest BCUT2D eigenvalue weighted by atomic mass is 35.5. The van der Waals surface area contributed by atoms with E-state index in [1.54, 1.807) is 24.3 Å². The Balaban J connectivity index is 2.08. The van der Waals surface area contributed by atoms with Gasteiger partial charge in [-0.3, -0.25) is 15.0 Å². The molecule has 3 rings (SSSR count). The molecule has 0 unspecified atom stereocenters. The van der Waals surface area contributed by atoms with Crippen LogP contribution in [0.1, 0.15) is 12.8 Å². The molecule has 102 valence electrons. The second-order valence-corrected chi connectivity index (χ2v) is 5.21. The number of aromatic nitrogens is 1. The zero-order chi connectivity index (χ0) is 14.3. The molecule has 0 atom stereocenters. The summed E-state index contributed by atoms with van der Waals surface area (Å²) in [5.74, 6) is -0.531. The normalized spacial score (nSPS) is 15.2. The van der Waals surface area contributed by atoms with Crippen LogP contribution in [-0.4, -0.2) is 21.8 Å². The van der Waals surface area contributed by atoms with Crippen molar-refractivity contribution in [2.45, 2.75) is 12.8 Å². The lowest BCUT2D eigenvalue weighted by molar-refractivity contribution is -0.136. The molecule has 1 fully saturated rings. The highest BCUT2D eigenvalue weighted by Gasteiger charge is 2.29. The van der Waals surface area contributed by atoms with E-state index in [-0.39, 0.29) is 29.8 Å². The predicted molar refractivity (Wildman–Crippen MR) is 76.5 cm³/mol. The summed E-state index contributed by atoms with van der Waals surface area (Å²) in [5.41, 5.74) is 3.95. The van der Waals surface area contributed by atoms with E-state index in [0.717, 1.165) is 5.01 Å². The highest BCUT2D eigenvalue weighted by Crippen LogP contribution is 2.29. The van der Waals surface area contributed by atoms with Crippen LogP contribution in [0, 0.1) is 0 Å². The van der Waals surface area contributed by atoms with Gasteiger partial charge in [0.25, 0.3) is 0 Å².